The number of nitrogens with zero attached hydrogens (tertiary/aromatic N) is 2. The van der Waals surface area contributed by atoms with Gasteiger partial charge in [0.2, 0.25) is 5.91 Å². The average Bonchev–Trinajstić information content (AvgIpc) is 3.22. The zero-order valence-corrected chi connectivity index (χ0v) is 16.8. The van der Waals surface area contributed by atoms with Gasteiger partial charge in [-0.05, 0) is 42.2 Å². The Morgan fingerprint density at radius 3 is 2.50 bits per heavy atom. The molecule has 3 aromatic rings. The van der Waals surface area contributed by atoms with Gasteiger partial charge in [-0.25, -0.2) is 9.37 Å². The molecule has 0 fully saturated rings. The number of benzene rings is 1. The lowest BCUT2D eigenvalue weighted by Crippen LogP contribution is -2.34. The van der Waals surface area contributed by atoms with Crippen LogP contribution in [-0.4, -0.2) is 15.9 Å². The van der Waals surface area contributed by atoms with E-state index >= 15 is 0 Å². The molecule has 0 aliphatic carbocycles. The van der Waals surface area contributed by atoms with E-state index in [9.17, 15) is 9.18 Å². The third-order valence-corrected chi connectivity index (χ3v) is 5.39. The van der Waals surface area contributed by atoms with Crippen LogP contribution in [0.15, 0.2) is 60.2 Å². The Balaban J connectivity index is 1.85. The van der Waals surface area contributed by atoms with Crippen LogP contribution in [0.4, 0.5) is 4.39 Å². The van der Waals surface area contributed by atoms with Crippen molar-refractivity contribution in [2.24, 2.45) is 5.92 Å². The molecule has 3 rings (SSSR count). The maximum Gasteiger partial charge on any atom is 0.228 e. The zero-order valence-electron chi connectivity index (χ0n) is 16.0. The summed E-state index contributed by atoms with van der Waals surface area (Å²) in [5.41, 5.74) is 1.59. The molecule has 2 unspecified atom stereocenters. The minimum absolute atomic E-state index is 0.0990. The number of hydrogen-bond donors (Lipinski definition) is 1. The second kappa shape index (κ2) is 9.55. The highest BCUT2D eigenvalue weighted by atomic mass is 32.1. The highest BCUT2D eigenvalue weighted by Gasteiger charge is 2.26. The summed E-state index contributed by atoms with van der Waals surface area (Å²) in [6, 6.07) is 11.6. The van der Waals surface area contributed by atoms with Crippen LogP contribution in [0.1, 0.15) is 48.5 Å². The predicted octanol–water partition coefficient (Wildman–Crippen LogP) is 4.91. The summed E-state index contributed by atoms with van der Waals surface area (Å²) in [7, 11) is 0. The van der Waals surface area contributed by atoms with Crippen LogP contribution >= 0.6 is 11.3 Å². The van der Waals surface area contributed by atoms with Crippen molar-refractivity contribution in [2.75, 3.05) is 0 Å². The number of aromatic nitrogens is 2. The van der Waals surface area contributed by atoms with Crippen molar-refractivity contribution in [1.29, 1.82) is 0 Å². The monoisotopic (exact) mass is 397 g/mol. The van der Waals surface area contributed by atoms with Gasteiger partial charge in [-0.1, -0.05) is 32.0 Å². The predicted molar refractivity (Wildman–Crippen MR) is 110 cm³/mol. The summed E-state index contributed by atoms with van der Waals surface area (Å²) in [6.07, 6.45) is 4.72. The highest BCUT2D eigenvalue weighted by molar-refractivity contribution is 7.09. The van der Waals surface area contributed by atoms with E-state index in [1.807, 2.05) is 23.6 Å². The van der Waals surface area contributed by atoms with E-state index in [4.69, 9.17) is 0 Å². The molecule has 0 aliphatic heterocycles. The maximum atomic E-state index is 13.4. The topological polar surface area (TPSA) is 54.9 Å². The van der Waals surface area contributed by atoms with Gasteiger partial charge in [0.05, 0.1) is 12.0 Å². The van der Waals surface area contributed by atoms with Gasteiger partial charge in [-0.15, -0.1) is 11.3 Å². The molecule has 146 valence electrons. The largest absolute Gasteiger partial charge is 0.346 e. The number of halogens is 1. The number of nitrogens with one attached hydrogen (secondary N) is 1. The molecular weight excluding hydrogens is 373 g/mol. The minimum Gasteiger partial charge on any atom is -0.346 e. The normalized spacial score (nSPS) is 13.3. The molecule has 1 N–H and O–H groups in total. The first-order valence-electron chi connectivity index (χ1n) is 9.38. The van der Waals surface area contributed by atoms with Gasteiger partial charge in [0.15, 0.2) is 0 Å². The summed E-state index contributed by atoms with van der Waals surface area (Å²) >= 11 is 1.54. The van der Waals surface area contributed by atoms with Crippen molar-refractivity contribution in [2.45, 2.75) is 38.6 Å². The first-order valence-corrected chi connectivity index (χ1v) is 10.3. The van der Waals surface area contributed by atoms with Crippen LogP contribution in [0.5, 0.6) is 0 Å². The first-order chi connectivity index (χ1) is 13.5. The second-order valence-electron chi connectivity index (χ2n) is 7.19. The summed E-state index contributed by atoms with van der Waals surface area (Å²) < 4.78 is 13.4. The molecule has 0 radical (unpaired) electrons. The van der Waals surface area contributed by atoms with Crippen LogP contribution in [-0.2, 0) is 11.2 Å². The number of carbonyl (C=O) groups is 1. The van der Waals surface area contributed by atoms with Gasteiger partial charge in [-0.2, -0.15) is 0 Å². The molecule has 0 aliphatic rings. The Labute approximate surface area is 168 Å². The van der Waals surface area contributed by atoms with Crippen molar-refractivity contribution in [3.63, 3.8) is 0 Å². The Morgan fingerprint density at radius 1 is 1.11 bits per heavy atom. The quantitative estimate of drug-likeness (QED) is 0.588. The number of amides is 1. The molecule has 4 nitrogen and oxygen atoms in total. The van der Waals surface area contributed by atoms with Crippen molar-refractivity contribution in [3.8, 4) is 0 Å². The first kappa shape index (κ1) is 20.1. The Hall–Kier alpha value is -2.60. The third kappa shape index (κ3) is 5.45. The Bertz CT molecular complexity index is 867. The van der Waals surface area contributed by atoms with Crippen molar-refractivity contribution in [1.82, 2.24) is 15.3 Å². The number of hydrogen-bond acceptors (Lipinski definition) is 4. The van der Waals surface area contributed by atoms with E-state index < -0.39 is 5.92 Å². The lowest BCUT2D eigenvalue weighted by Gasteiger charge is -2.23. The van der Waals surface area contributed by atoms with Crippen LogP contribution in [0.3, 0.4) is 0 Å². The van der Waals surface area contributed by atoms with Crippen LogP contribution in [0, 0.1) is 11.7 Å². The van der Waals surface area contributed by atoms with E-state index in [2.05, 4.69) is 29.1 Å². The molecule has 2 atom stereocenters. The van der Waals surface area contributed by atoms with E-state index in [-0.39, 0.29) is 17.8 Å². The minimum atomic E-state index is -0.454. The Kier molecular flexibility index (Phi) is 6.87. The van der Waals surface area contributed by atoms with Gasteiger partial charge < -0.3 is 5.32 Å². The van der Waals surface area contributed by atoms with Gasteiger partial charge in [0.25, 0.3) is 0 Å². The Morgan fingerprint density at radius 2 is 1.89 bits per heavy atom. The SMILES string of the molecule is CC(C)CC(NC(=O)C(Cc1ccccn1)c1ccc(F)cc1)c1nccs1. The molecular formula is C22H24FN3OS. The molecule has 1 aromatic carbocycles. The molecule has 6 heteroatoms. The fourth-order valence-corrected chi connectivity index (χ4v) is 3.86. The van der Waals surface area contributed by atoms with E-state index in [1.54, 1.807) is 35.9 Å². The van der Waals surface area contributed by atoms with Gasteiger partial charge in [-0.3, -0.25) is 9.78 Å². The zero-order chi connectivity index (χ0) is 19.9. The average molecular weight is 398 g/mol. The number of pyridine rings is 1. The summed E-state index contributed by atoms with van der Waals surface area (Å²) in [5, 5.41) is 5.99. The molecule has 0 spiro atoms. The number of carbonyl (C=O) groups excluding carboxylic acids is 1. The van der Waals surface area contributed by atoms with E-state index in [1.165, 1.54) is 12.1 Å². The molecule has 0 bridgehead atoms. The lowest BCUT2D eigenvalue weighted by atomic mass is 9.92. The number of thiazole rings is 1. The molecule has 0 saturated carbocycles. The highest BCUT2D eigenvalue weighted by Crippen LogP contribution is 2.26. The van der Waals surface area contributed by atoms with Crippen LogP contribution < -0.4 is 5.32 Å². The molecule has 2 aromatic heterocycles. The van der Waals surface area contributed by atoms with E-state index in [0.717, 1.165) is 22.7 Å². The lowest BCUT2D eigenvalue weighted by molar-refractivity contribution is -0.123. The fraction of sp³-hybridized carbons (Fsp3) is 0.318. The molecule has 0 saturated heterocycles. The van der Waals surface area contributed by atoms with Crippen LogP contribution in [0.25, 0.3) is 0 Å². The summed E-state index contributed by atoms with van der Waals surface area (Å²) in [6.45, 7) is 4.25. The van der Waals surface area contributed by atoms with Crippen molar-refractivity contribution < 1.29 is 9.18 Å². The molecule has 2 heterocycles. The molecule has 1 amide bonds. The van der Waals surface area contributed by atoms with Gasteiger partial charge >= 0.3 is 0 Å². The molecule has 28 heavy (non-hydrogen) atoms. The summed E-state index contributed by atoms with van der Waals surface area (Å²) in [5.74, 6) is -0.460. The standard InChI is InChI=1S/C22H24FN3OS/c1-15(2)13-20(22-25-11-12-28-22)26-21(27)19(14-18-5-3-4-10-24-18)16-6-8-17(23)9-7-16/h3-12,15,19-20H,13-14H2,1-2H3,(H,26,27). The van der Waals surface area contributed by atoms with Gasteiger partial charge in [0.1, 0.15) is 10.8 Å². The van der Waals surface area contributed by atoms with Crippen LogP contribution in [0.2, 0.25) is 0 Å². The third-order valence-electron chi connectivity index (χ3n) is 4.50. The summed E-state index contributed by atoms with van der Waals surface area (Å²) in [4.78, 5) is 22.0. The van der Waals surface area contributed by atoms with Crippen molar-refractivity contribution in [3.05, 3.63) is 82.3 Å². The van der Waals surface area contributed by atoms with Gasteiger partial charge in [0, 0.05) is 29.9 Å². The van der Waals surface area contributed by atoms with E-state index in [0.29, 0.717) is 12.3 Å². The smallest absolute Gasteiger partial charge is 0.228 e. The van der Waals surface area contributed by atoms with Crippen molar-refractivity contribution >= 4 is 17.2 Å². The fourth-order valence-electron chi connectivity index (χ4n) is 3.16. The second-order valence-corrected chi connectivity index (χ2v) is 8.12. The number of rotatable bonds is 8. The maximum absolute atomic E-state index is 13.4.